The van der Waals surface area contributed by atoms with Crippen molar-refractivity contribution < 1.29 is 24.3 Å². The van der Waals surface area contributed by atoms with Crippen LogP contribution in [-0.2, 0) is 32.0 Å². The quantitative estimate of drug-likeness (QED) is 0.162. The van der Waals surface area contributed by atoms with E-state index in [1.165, 1.54) is 0 Å². The summed E-state index contributed by atoms with van der Waals surface area (Å²) >= 11 is 0. The number of hydrogen-bond acceptors (Lipinski definition) is 5. The van der Waals surface area contributed by atoms with Crippen molar-refractivity contribution in [1.82, 2.24) is 20.9 Å². The molecule has 0 radical (unpaired) electrons. The number of hydrogen-bond donors (Lipinski definition) is 6. The molecule has 5 unspecified atom stereocenters. The number of aliphatic carboxylic acids is 1. The number of carboxylic acid groups (broad SMARTS) is 1. The number of aromatic amines is 1. The summed E-state index contributed by atoms with van der Waals surface area (Å²) in [5.41, 5.74) is 8.83. The van der Waals surface area contributed by atoms with Crippen LogP contribution in [0.4, 0.5) is 0 Å². The Kier molecular flexibility index (Phi) is 11.7. The molecule has 0 aliphatic heterocycles. The highest BCUT2D eigenvalue weighted by molar-refractivity contribution is 5.95. The fraction of sp³-hybridized carbons (Fsp3) is 0.438. The molecule has 0 saturated carbocycles. The number of benzene rings is 2. The van der Waals surface area contributed by atoms with Crippen molar-refractivity contribution in [1.29, 1.82) is 0 Å². The number of amides is 3. The number of carbonyl (C=O) groups excluding carboxylic acids is 3. The summed E-state index contributed by atoms with van der Waals surface area (Å²) in [5, 5.41) is 18.8. The van der Waals surface area contributed by atoms with Crippen molar-refractivity contribution in [3.8, 4) is 0 Å². The van der Waals surface area contributed by atoms with Crippen LogP contribution in [-0.4, -0.2) is 57.9 Å². The van der Waals surface area contributed by atoms with E-state index in [-0.39, 0.29) is 24.7 Å². The van der Waals surface area contributed by atoms with Gasteiger partial charge in [-0.25, -0.2) is 4.79 Å². The van der Waals surface area contributed by atoms with Crippen LogP contribution in [0.5, 0.6) is 0 Å². The molecule has 42 heavy (non-hydrogen) atoms. The van der Waals surface area contributed by atoms with Crippen LogP contribution in [0.3, 0.4) is 0 Å². The van der Waals surface area contributed by atoms with Crippen LogP contribution < -0.4 is 21.7 Å². The molecule has 0 aliphatic carbocycles. The highest BCUT2D eigenvalue weighted by Crippen LogP contribution is 2.20. The lowest BCUT2D eigenvalue weighted by atomic mass is 9.97. The van der Waals surface area contributed by atoms with Crippen LogP contribution in [0.25, 0.3) is 10.9 Å². The molecule has 3 rings (SSSR count). The number of aromatic nitrogens is 1. The van der Waals surface area contributed by atoms with Crippen LogP contribution in [0.15, 0.2) is 60.8 Å². The van der Waals surface area contributed by atoms with Gasteiger partial charge in [0.05, 0.1) is 6.04 Å². The third-order valence-corrected chi connectivity index (χ3v) is 7.48. The van der Waals surface area contributed by atoms with E-state index in [9.17, 15) is 24.3 Å². The van der Waals surface area contributed by atoms with Gasteiger partial charge in [-0.3, -0.25) is 14.4 Å². The molecule has 0 bridgehead atoms. The van der Waals surface area contributed by atoms with E-state index < -0.39 is 47.9 Å². The lowest BCUT2D eigenvalue weighted by molar-refractivity contribution is -0.144. The normalized spacial score (nSPS) is 14.9. The number of H-pyrrole nitrogens is 1. The number of carbonyl (C=O) groups is 4. The van der Waals surface area contributed by atoms with E-state index in [0.29, 0.717) is 12.8 Å². The Balaban J connectivity index is 1.84. The smallest absolute Gasteiger partial charge is 0.326 e. The zero-order valence-electron chi connectivity index (χ0n) is 24.7. The number of fused-ring (bicyclic) bond motifs is 1. The van der Waals surface area contributed by atoms with Gasteiger partial charge in [-0.2, -0.15) is 0 Å². The fourth-order valence-corrected chi connectivity index (χ4v) is 4.88. The summed E-state index contributed by atoms with van der Waals surface area (Å²) in [6.45, 7) is 7.41. The lowest BCUT2D eigenvalue weighted by Crippen LogP contribution is -2.58. The Morgan fingerprint density at radius 1 is 0.833 bits per heavy atom. The van der Waals surface area contributed by atoms with E-state index in [2.05, 4.69) is 20.9 Å². The number of rotatable bonds is 15. The molecule has 0 aliphatic rings. The van der Waals surface area contributed by atoms with Crippen molar-refractivity contribution >= 4 is 34.6 Å². The first-order chi connectivity index (χ1) is 20.0. The van der Waals surface area contributed by atoms with Crippen LogP contribution in [0.2, 0.25) is 0 Å². The Labute approximate surface area is 246 Å². The maximum atomic E-state index is 13.8. The monoisotopic (exact) mass is 577 g/mol. The molecule has 7 N–H and O–H groups in total. The van der Waals surface area contributed by atoms with Gasteiger partial charge in [0.25, 0.3) is 0 Å². The van der Waals surface area contributed by atoms with E-state index in [1.807, 2.05) is 75.4 Å². The first kappa shape index (κ1) is 32.3. The van der Waals surface area contributed by atoms with E-state index in [4.69, 9.17) is 5.73 Å². The zero-order chi connectivity index (χ0) is 30.8. The van der Waals surface area contributed by atoms with Crippen molar-refractivity contribution in [3.63, 3.8) is 0 Å². The minimum atomic E-state index is -1.13. The van der Waals surface area contributed by atoms with Gasteiger partial charge in [0.1, 0.15) is 18.1 Å². The molecule has 0 spiro atoms. The predicted octanol–water partition coefficient (Wildman–Crippen LogP) is 2.91. The summed E-state index contributed by atoms with van der Waals surface area (Å²) < 4.78 is 0. The molecule has 0 saturated heterocycles. The summed E-state index contributed by atoms with van der Waals surface area (Å²) in [6, 6.07) is 13.0. The van der Waals surface area contributed by atoms with Gasteiger partial charge in [-0.1, -0.05) is 82.6 Å². The van der Waals surface area contributed by atoms with E-state index in [1.54, 1.807) is 13.1 Å². The van der Waals surface area contributed by atoms with Crippen molar-refractivity contribution in [2.45, 2.75) is 77.5 Å². The maximum Gasteiger partial charge on any atom is 0.326 e. The van der Waals surface area contributed by atoms with Gasteiger partial charge >= 0.3 is 5.97 Å². The average molecular weight is 578 g/mol. The van der Waals surface area contributed by atoms with Crippen LogP contribution in [0, 0.1) is 11.8 Å². The lowest BCUT2D eigenvalue weighted by Gasteiger charge is -2.27. The second-order valence-corrected chi connectivity index (χ2v) is 11.3. The maximum absolute atomic E-state index is 13.8. The largest absolute Gasteiger partial charge is 0.480 e. The third-order valence-electron chi connectivity index (χ3n) is 7.48. The number of para-hydroxylation sites is 1. The minimum Gasteiger partial charge on any atom is -0.480 e. The highest BCUT2D eigenvalue weighted by atomic mass is 16.4. The van der Waals surface area contributed by atoms with Gasteiger partial charge in [-0.15, -0.1) is 0 Å². The van der Waals surface area contributed by atoms with E-state index in [0.717, 1.165) is 22.0 Å². The molecule has 226 valence electrons. The van der Waals surface area contributed by atoms with Gasteiger partial charge in [0.2, 0.25) is 17.7 Å². The molecule has 3 aromatic rings. The molecular formula is C32H43N5O5. The molecule has 1 heterocycles. The van der Waals surface area contributed by atoms with Crippen LogP contribution >= 0.6 is 0 Å². The summed E-state index contributed by atoms with van der Waals surface area (Å²) in [4.78, 5) is 55.3. The SMILES string of the molecule is CCC(C)C(NC(=O)C(CC(C)C)NC(=O)C(Cc1c[nH]c2ccccc12)NC(=O)C(N)Cc1ccccc1)C(=O)O. The molecular weight excluding hydrogens is 534 g/mol. The van der Waals surface area contributed by atoms with Crippen molar-refractivity contribution in [2.75, 3.05) is 0 Å². The molecule has 10 nitrogen and oxygen atoms in total. The highest BCUT2D eigenvalue weighted by Gasteiger charge is 2.32. The first-order valence-corrected chi connectivity index (χ1v) is 14.5. The van der Waals surface area contributed by atoms with Gasteiger partial charge < -0.3 is 31.8 Å². The van der Waals surface area contributed by atoms with Gasteiger partial charge in [-0.05, 0) is 41.9 Å². The second-order valence-electron chi connectivity index (χ2n) is 11.3. The Bertz CT molecular complexity index is 1360. The minimum absolute atomic E-state index is 0.0221. The molecule has 0 fully saturated rings. The average Bonchev–Trinajstić information content (AvgIpc) is 3.37. The van der Waals surface area contributed by atoms with Crippen LogP contribution in [0.1, 0.15) is 51.7 Å². The predicted molar refractivity (Wildman–Crippen MR) is 162 cm³/mol. The zero-order valence-corrected chi connectivity index (χ0v) is 24.7. The molecule has 3 amide bonds. The van der Waals surface area contributed by atoms with Gasteiger partial charge in [0.15, 0.2) is 0 Å². The third kappa shape index (κ3) is 8.91. The summed E-state index contributed by atoms with van der Waals surface area (Å²) in [5.74, 6) is -3.05. The standard InChI is InChI=1S/C32H43N5O5/c1-5-20(4)28(32(41)42)37-31(40)26(15-19(2)3)36-30(39)27(17-22-18-34-25-14-10-9-13-23(22)25)35-29(38)24(33)16-21-11-7-6-8-12-21/h6-14,18-20,24,26-28,34H,5,15-17,33H2,1-4H3,(H,35,38)(H,36,39)(H,37,40)(H,41,42). The second kappa shape index (κ2) is 15.2. The Morgan fingerprint density at radius 3 is 2.10 bits per heavy atom. The topological polar surface area (TPSA) is 166 Å². The van der Waals surface area contributed by atoms with Crippen molar-refractivity contribution in [2.24, 2.45) is 17.6 Å². The van der Waals surface area contributed by atoms with Gasteiger partial charge in [0, 0.05) is 23.5 Å². The molecule has 10 heteroatoms. The summed E-state index contributed by atoms with van der Waals surface area (Å²) in [7, 11) is 0. The Hall–Kier alpha value is -4.18. The van der Waals surface area contributed by atoms with Crippen molar-refractivity contribution in [3.05, 3.63) is 71.9 Å². The van der Waals surface area contributed by atoms with E-state index >= 15 is 0 Å². The number of nitrogens with one attached hydrogen (secondary N) is 4. The first-order valence-electron chi connectivity index (χ1n) is 14.5. The molecule has 2 aromatic carbocycles. The summed E-state index contributed by atoms with van der Waals surface area (Å²) in [6.07, 6.45) is 3.08. The fourth-order valence-electron chi connectivity index (χ4n) is 4.88. The number of nitrogens with two attached hydrogens (primary N) is 1. The molecule has 1 aromatic heterocycles. The molecule has 5 atom stereocenters. The Morgan fingerprint density at radius 2 is 1.45 bits per heavy atom. The number of carboxylic acids is 1.